The molecule has 1 N–H and O–H groups in total. The van der Waals surface area contributed by atoms with Crippen LogP contribution in [0.25, 0.3) is 0 Å². The zero-order chi connectivity index (χ0) is 12.3. The van der Waals surface area contributed by atoms with Gasteiger partial charge in [-0.05, 0) is 26.7 Å². The molecule has 0 spiro atoms. The summed E-state index contributed by atoms with van der Waals surface area (Å²) in [7, 11) is 0. The molecule has 0 saturated carbocycles. The van der Waals surface area contributed by atoms with E-state index in [0.717, 1.165) is 30.3 Å². The maximum Gasteiger partial charge on any atom is 0.225 e. The van der Waals surface area contributed by atoms with Gasteiger partial charge in [0.25, 0.3) is 0 Å². The molecule has 2 rings (SSSR count). The van der Waals surface area contributed by atoms with E-state index in [1.54, 1.807) is 13.1 Å². The van der Waals surface area contributed by atoms with Gasteiger partial charge in [0.1, 0.15) is 0 Å². The van der Waals surface area contributed by atoms with Gasteiger partial charge in [0.15, 0.2) is 0 Å². The normalized spacial score (nSPS) is 18.9. The molecular weight excluding hydrogens is 214 g/mol. The van der Waals surface area contributed by atoms with Crippen LogP contribution in [0.5, 0.6) is 0 Å². The molecule has 1 aromatic heterocycles. The third kappa shape index (κ3) is 2.94. The Labute approximate surface area is 103 Å². The van der Waals surface area contributed by atoms with Gasteiger partial charge < -0.3 is 10.0 Å². The van der Waals surface area contributed by atoms with Gasteiger partial charge >= 0.3 is 0 Å². The smallest absolute Gasteiger partial charge is 0.225 e. The van der Waals surface area contributed by atoms with Crippen LogP contribution < -0.4 is 4.90 Å². The zero-order valence-corrected chi connectivity index (χ0v) is 10.7. The number of anilines is 1. The summed E-state index contributed by atoms with van der Waals surface area (Å²) >= 11 is 0. The van der Waals surface area contributed by atoms with Crippen molar-refractivity contribution < 1.29 is 5.11 Å². The zero-order valence-electron chi connectivity index (χ0n) is 10.7. The molecule has 17 heavy (non-hydrogen) atoms. The number of aromatic nitrogens is 2. The summed E-state index contributed by atoms with van der Waals surface area (Å²) in [5.41, 5.74) is 1.71. The number of aliphatic hydroxyl groups is 1. The number of rotatable bonds is 2. The third-order valence-electron chi connectivity index (χ3n) is 3.34. The lowest BCUT2D eigenvalue weighted by Gasteiger charge is -2.21. The summed E-state index contributed by atoms with van der Waals surface area (Å²) in [5.74, 6) is 0.814. The minimum Gasteiger partial charge on any atom is -0.389 e. The lowest BCUT2D eigenvalue weighted by molar-refractivity contribution is 0.197. The summed E-state index contributed by atoms with van der Waals surface area (Å²) < 4.78 is 0. The average molecular weight is 235 g/mol. The monoisotopic (exact) mass is 235 g/mol. The first-order valence-corrected chi connectivity index (χ1v) is 6.45. The van der Waals surface area contributed by atoms with Gasteiger partial charge in [-0.1, -0.05) is 12.8 Å². The Bertz CT molecular complexity index is 371. The van der Waals surface area contributed by atoms with E-state index < -0.39 is 6.10 Å². The number of hydrogen-bond acceptors (Lipinski definition) is 4. The highest BCUT2D eigenvalue weighted by Gasteiger charge is 2.14. The van der Waals surface area contributed by atoms with Gasteiger partial charge in [0.05, 0.1) is 6.10 Å². The summed E-state index contributed by atoms with van der Waals surface area (Å²) in [6.07, 6.45) is 6.32. The molecule has 0 unspecified atom stereocenters. The van der Waals surface area contributed by atoms with Crippen molar-refractivity contribution in [2.75, 3.05) is 18.0 Å². The van der Waals surface area contributed by atoms with E-state index in [2.05, 4.69) is 14.9 Å². The van der Waals surface area contributed by atoms with E-state index in [9.17, 15) is 5.11 Å². The minimum absolute atomic E-state index is 0.492. The van der Waals surface area contributed by atoms with E-state index in [1.165, 1.54) is 25.7 Å². The molecule has 1 aliphatic heterocycles. The molecule has 1 aromatic rings. The predicted octanol–water partition coefficient (Wildman–Crippen LogP) is 2.22. The fraction of sp³-hybridized carbons (Fsp3) is 0.692. The molecule has 4 nitrogen and oxygen atoms in total. The quantitative estimate of drug-likeness (QED) is 0.854. The molecular formula is C13H21N3O. The topological polar surface area (TPSA) is 49.2 Å². The van der Waals surface area contributed by atoms with Crippen LogP contribution in [0.1, 0.15) is 50.0 Å². The standard InChI is InChI=1S/C13H21N3O/c1-10-12(11(2)17)9-14-13(15-10)16-7-5-3-4-6-8-16/h9,11,17H,3-8H2,1-2H3/t11-/m1/s1. The Balaban J connectivity index is 2.18. The van der Waals surface area contributed by atoms with Gasteiger partial charge in [-0.3, -0.25) is 0 Å². The number of aryl methyl sites for hydroxylation is 1. The first kappa shape index (κ1) is 12.3. The Kier molecular flexibility index (Phi) is 3.94. The molecule has 0 aromatic carbocycles. The van der Waals surface area contributed by atoms with Crippen LogP contribution in [-0.4, -0.2) is 28.2 Å². The van der Waals surface area contributed by atoms with Crippen molar-refractivity contribution in [3.8, 4) is 0 Å². The van der Waals surface area contributed by atoms with Crippen molar-refractivity contribution in [3.05, 3.63) is 17.5 Å². The molecule has 2 heterocycles. The second-order valence-electron chi connectivity index (χ2n) is 4.79. The number of nitrogens with zero attached hydrogens (tertiary/aromatic N) is 3. The maximum absolute atomic E-state index is 9.56. The van der Waals surface area contributed by atoms with Crippen LogP contribution >= 0.6 is 0 Å². The Morgan fingerprint density at radius 1 is 1.24 bits per heavy atom. The van der Waals surface area contributed by atoms with E-state index >= 15 is 0 Å². The van der Waals surface area contributed by atoms with Gasteiger partial charge in [-0.25, -0.2) is 9.97 Å². The lowest BCUT2D eigenvalue weighted by Crippen LogP contribution is -2.26. The molecule has 1 atom stereocenters. The Morgan fingerprint density at radius 2 is 1.88 bits per heavy atom. The van der Waals surface area contributed by atoms with Crippen LogP contribution in [0.15, 0.2) is 6.20 Å². The Morgan fingerprint density at radius 3 is 2.41 bits per heavy atom. The molecule has 0 radical (unpaired) electrons. The highest BCUT2D eigenvalue weighted by molar-refractivity contribution is 5.33. The molecule has 1 fully saturated rings. The van der Waals surface area contributed by atoms with E-state index in [1.807, 2.05) is 6.92 Å². The van der Waals surface area contributed by atoms with E-state index in [4.69, 9.17) is 0 Å². The van der Waals surface area contributed by atoms with Crippen molar-refractivity contribution in [3.63, 3.8) is 0 Å². The fourth-order valence-electron chi connectivity index (χ4n) is 2.30. The van der Waals surface area contributed by atoms with Crippen molar-refractivity contribution >= 4 is 5.95 Å². The minimum atomic E-state index is -0.492. The predicted molar refractivity (Wildman–Crippen MR) is 68.1 cm³/mol. The summed E-state index contributed by atoms with van der Waals surface area (Å²) in [5, 5.41) is 9.56. The van der Waals surface area contributed by atoms with Crippen LogP contribution in [0.3, 0.4) is 0 Å². The largest absolute Gasteiger partial charge is 0.389 e. The molecule has 94 valence electrons. The van der Waals surface area contributed by atoms with Gasteiger partial charge in [0.2, 0.25) is 5.95 Å². The van der Waals surface area contributed by atoms with Crippen LogP contribution in [0.2, 0.25) is 0 Å². The van der Waals surface area contributed by atoms with Crippen molar-refractivity contribution in [2.45, 2.75) is 45.6 Å². The van der Waals surface area contributed by atoms with Crippen LogP contribution in [0, 0.1) is 6.92 Å². The van der Waals surface area contributed by atoms with Crippen molar-refractivity contribution in [2.24, 2.45) is 0 Å². The summed E-state index contributed by atoms with van der Waals surface area (Å²) in [6.45, 7) is 5.78. The molecule has 0 bridgehead atoms. The van der Waals surface area contributed by atoms with Crippen LogP contribution in [-0.2, 0) is 0 Å². The third-order valence-corrected chi connectivity index (χ3v) is 3.34. The lowest BCUT2D eigenvalue weighted by atomic mass is 10.1. The highest BCUT2D eigenvalue weighted by Crippen LogP contribution is 2.19. The molecule has 0 amide bonds. The molecule has 1 aliphatic rings. The average Bonchev–Trinajstić information content (AvgIpc) is 2.56. The first-order chi connectivity index (χ1) is 8.18. The summed E-state index contributed by atoms with van der Waals surface area (Å²) in [6, 6.07) is 0. The van der Waals surface area contributed by atoms with Crippen molar-refractivity contribution in [1.29, 1.82) is 0 Å². The van der Waals surface area contributed by atoms with Crippen LogP contribution in [0.4, 0.5) is 5.95 Å². The second-order valence-corrected chi connectivity index (χ2v) is 4.79. The molecule has 4 heteroatoms. The highest BCUT2D eigenvalue weighted by atomic mass is 16.3. The maximum atomic E-state index is 9.56. The summed E-state index contributed by atoms with van der Waals surface area (Å²) in [4.78, 5) is 11.2. The van der Waals surface area contributed by atoms with Gasteiger partial charge in [-0.15, -0.1) is 0 Å². The molecule has 1 saturated heterocycles. The number of hydrogen-bond donors (Lipinski definition) is 1. The van der Waals surface area contributed by atoms with Gasteiger partial charge in [0, 0.05) is 30.5 Å². The Hall–Kier alpha value is -1.16. The number of aliphatic hydroxyl groups excluding tert-OH is 1. The van der Waals surface area contributed by atoms with E-state index in [-0.39, 0.29) is 0 Å². The fourth-order valence-corrected chi connectivity index (χ4v) is 2.30. The first-order valence-electron chi connectivity index (χ1n) is 6.45. The SMILES string of the molecule is Cc1nc(N2CCCCCC2)ncc1[C@@H](C)O. The molecule has 0 aliphatic carbocycles. The van der Waals surface area contributed by atoms with Gasteiger partial charge in [-0.2, -0.15) is 0 Å². The second kappa shape index (κ2) is 5.45. The van der Waals surface area contributed by atoms with E-state index in [0.29, 0.717) is 0 Å². The van der Waals surface area contributed by atoms with Crippen molar-refractivity contribution in [1.82, 2.24) is 9.97 Å².